The van der Waals surface area contributed by atoms with Crippen molar-refractivity contribution in [1.29, 1.82) is 0 Å². The van der Waals surface area contributed by atoms with Gasteiger partial charge in [0.1, 0.15) is 5.54 Å². The quantitative estimate of drug-likeness (QED) is 0.747. The van der Waals surface area contributed by atoms with E-state index in [-0.39, 0.29) is 6.79 Å². The Balaban J connectivity index is 2.25. The first-order chi connectivity index (χ1) is 9.08. The van der Waals surface area contributed by atoms with Crippen LogP contribution < -0.4 is 14.8 Å². The molecule has 1 heterocycles. The number of carboxylic acids is 1. The summed E-state index contributed by atoms with van der Waals surface area (Å²) in [4.78, 5) is 11.5. The summed E-state index contributed by atoms with van der Waals surface area (Å²) in [6.07, 6.45) is 0. The normalized spacial score (nSPS) is 16.1. The number of fused-ring (bicyclic) bond motifs is 1. The molecular formula is C13H17NO5. The molecule has 1 atom stereocenters. The molecule has 0 aliphatic carbocycles. The Hall–Kier alpha value is -1.79. The SMILES string of the molecule is COCCNC(C)(C(=O)O)c1ccc2c(c1)OCO2. The van der Waals surface area contributed by atoms with Crippen molar-refractivity contribution in [2.24, 2.45) is 0 Å². The predicted molar refractivity (Wildman–Crippen MR) is 67.4 cm³/mol. The van der Waals surface area contributed by atoms with Crippen LogP contribution in [0.3, 0.4) is 0 Å². The van der Waals surface area contributed by atoms with E-state index >= 15 is 0 Å². The van der Waals surface area contributed by atoms with Gasteiger partial charge in [-0.1, -0.05) is 6.07 Å². The lowest BCUT2D eigenvalue weighted by Gasteiger charge is -2.27. The molecule has 0 radical (unpaired) electrons. The Morgan fingerprint density at radius 1 is 1.47 bits per heavy atom. The zero-order valence-electron chi connectivity index (χ0n) is 10.9. The molecular weight excluding hydrogens is 250 g/mol. The summed E-state index contributed by atoms with van der Waals surface area (Å²) in [6.45, 7) is 2.66. The van der Waals surface area contributed by atoms with Crippen molar-refractivity contribution < 1.29 is 24.1 Å². The second-order valence-electron chi connectivity index (χ2n) is 4.42. The molecule has 0 saturated heterocycles. The fraction of sp³-hybridized carbons (Fsp3) is 0.462. The molecule has 1 aliphatic rings. The van der Waals surface area contributed by atoms with E-state index in [1.54, 1.807) is 32.2 Å². The van der Waals surface area contributed by atoms with Gasteiger partial charge in [-0.05, 0) is 24.6 Å². The maximum Gasteiger partial charge on any atom is 0.328 e. The lowest BCUT2D eigenvalue weighted by atomic mass is 9.91. The number of carboxylic acid groups (broad SMARTS) is 1. The highest BCUT2D eigenvalue weighted by Gasteiger charge is 2.35. The van der Waals surface area contributed by atoms with E-state index in [1.165, 1.54) is 0 Å². The molecule has 0 saturated carbocycles. The first kappa shape index (κ1) is 13.6. The Morgan fingerprint density at radius 2 is 2.21 bits per heavy atom. The third-order valence-corrected chi connectivity index (χ3v) is 3.16. The van der Waals surface area contributed by atoms with Crippen molar-refractivity contribution in [3.63, 3.8) is 0 Å². The van der Waals surface area contributed by atoms with Crippen LogP contribution >= 0.6 is 0 Å². The van der Waals surface area contributed by atoms with Crippen LogP contribution in [0, 0.1) is 0 Å². The molecule has 1 unspecified atom stereocenters. The Morgan fingerprint density at radius 3 is 2.89 bits per heavy atom. The van der Waals surface area contributed by atoms with E-state index in [2.05, 4.69) is 5.32 Å². The molecule has 0 fully saturated rings. The van der Waals surface area contributed by atoms with Crippen LogP contribution in [-0.4, -0.2) is 38.1 Å². The molecule has 1 aromatic carbocycles. The van der Waals surface area contributed by atoms with Crippen LogP contribution in [0.5, 0.6) is 11.5 Å². The number of hydrogen-bond donors (Lipinski definition) is 2. The maximum atomic E-state index is 11.5. The highest BCUT2D eigenvalue weighted by atomic mass is 16.7. The number of methoxy groups -OCH3 is 1. The summed E-state index contributed by atoms with van der Waals surface area (Å²) in [5.41, 5.74) is -0.583. The van der Waals surface area contributed by atoms with Gasteiger partial charge in [0.2, 0.25) is 6.79 Å². The molecule has 0 bridgehead atoms. The topological polar surface area (TPSA) is 77.0 Å². The van der Waals surface area contributed by atoms with Crippen molar-refractivity contribution in [1.82, 2.24) is 5.32 Å². The van der Waals surface area contributed by atoms with Crippen molar-refractivity contribution in [2.75, 3.05) is 27.1 Å². The van der Waals surface area contributed by atoms with E-state index in [1.807, 2.05) is 0 Å². The summed E-state index contributed by atoms with van der Waals surface area (Å²) in [6, 6.07) is 5.13. The fourth-order valence-electron chi connectivity index (χ4n) is 1.91. The number of benzene rings is 1. The number of ether oxygens (including phenoxy) is 3. The summed E-state index contributed by atoms with van der Waals surface area (Å²) >= 11 is 0. The van der Waals surface area contributed by atoms with E-state index in [9.17, 15) is 9.90 Å². The Bertz CT molecular complexity index is 476. The number of hydrogen-bond acceptors (Lipinski definition) is 5. The minimum atomic E-state index is -1.19. The zero-order chi connectivity index (χ0) is 13.9. The molecule has 2 rings (SSSR count). The first-order valence-electron chi connectivity index (χ1n) is 5.95. The van der Waals surface area contributed by atoms with E-state index < -0.39 is 11.5 Å². The van der Waals surface area contributed by atoms with Gasteiger partial charge in [-0.15, -0.1) is 0 Å². The zero-order valence-corrected chi connectivity index (χ0v) is 10.9. The molecule has 0 amide bonds. The average molecular weight is 267 g/mol. The van der Waals surface area contributed by atoms with E-state index in [0.717, 1.165) is 0 Å². The van der Waals surface area contributed by atoms with Gasteiger partial charge < -0.3 is 19.3 Å². The van der Waals surface area contributed by atoms with Crippen molar-refractivity contribution >= 4 is 5.97 Å². The van der Waals surface area contributed by atoms with Gasteiger partial charge in [0.25, 0.3) is 0 Å². The summed E-state index contributed by atoms with van der Waals surface area (Å²) in [7, 11) is 1.57. The van der Waals surface area contributed by atoms with Crippen molar-refractivity contribution in [3.8, 4) is 11.5 Å². The van der Waals surface area contributed by atoms with Crippen LogP contribution in [0.25, 0.3) is 0 Å². The monoisotopic (exact) mass is 267 g/mol. The highest BCUT2D eigenvalue weighted by Crippen LogP contribution is 2.35. The van der Waals surface area contributed by atoms with Crippen molar-refractivity contribution in [2.45, 2.75) is 12.5 Å². The van der Waals surface area contributed by atoms with Gasteiger partial charge in [-0.3, -0.25) is 5.32 Å². The van der Waals surface area contributed by atoms with E-state index in [0.29, 0.717) is 30.2 Å². The number of rotatable bonds is 6. The summed E-state index contributed by atoms with van der Waals surface area (Å²) < 4.78 is 15.4. The molecule has 104 valence electrons. The number of aliphatic carboxylic acids is 1. The van der Waals surface area contributed by atoms with Crippen LogP contribution in [0.1, 0.15) is 12.5 Å². The summed E-state index contributed by atoms with van der Waals surface area (Å²) in [5.74, 6) is 0.245. The Labute approximate surface area is 111 Å². The lowest BCUT2D eigenvalue weighted by Crippen LogP contribution is -2.47. The maximum absolute atomic E-state index is 11.5. The molecule has 19 heavy (non-hydrogen) atoms. The fourth-order valence-corrected chi connectivity index (χ4v) is 1.91. The van der Waals surface area contributed by atoms with Crippen LogP contribution in [0.2, 0.25) is 0 Å². The van der Waals surface area contributed by atoms with Crippen LogP contribution in [-0.2, 0) is 15.1 Å². The summed E-state index contributed by atoms with van der Waals surface area (Å²) in [5, 5.41) is 12.4. The van der Waals surface area contributed by atoms with Gasteiger partial charge in [0.05, 0.1) is 6.61 Å². The molecule has 2 N–H and O–H groups in total. The highest BCUT2D eigenvalue weighted by molar-refractivity contribution is 5.80. The van der Waals surface area contributed by atoms with Gasteiger partial charge in [0, 0.05) is 13.7 Å². The minimum Gasteiger partial charge on any atom is -0.480 e. The molecule has 6 heteroatoms. The van der Waals surface area contributed by atoms with Crippen molar-refractivity contribution in [3.05, 3.63) is 23.8 Å². The molecule has 6 nitrogen and oxygen atoms in total. The van der Waals surface area contributed by atoms with Gasteiger partial charge in [0.15, 0.2) is 11.5 Å². The van der Waals surface area contributed by atoms with Gasteiger partial charge in [-0.2, -0.15) is 0 Å². The molecule has 0 spiro atoms. The molecule has 0 aromatic heterocycles. The second kappa shape index (κ2) is 5.46. The van der Waals surface area contributed by atoms with Gasteiger partial charge >= 0.3 is 5.97 Å². The van der Waals surface area contributed by atoms with E-state index in [4.69, 9.17) is 14.2 Å². The number of carbonyl (C=O) groups is 1. The largest absolute Gasteiger partial charge is 0.480 e. The third kappa shape index (κ3) is 2.64. The Kier molecular flexibility index (Phi) is 3.92. The van der Waals surface area contributed by atoms with Gasteiger partial charge in [-0.25, -0.2) is 4.79 Å². The first-order valence-corrected chi connectivity index (χ1v) is 5.95. The second-order valence-corrected chi connectivity index (χ2v) is 4.42. The van der Waals surface area contributed by atoms with Crippen LogP contribution in [0.4, 0.5) is 0 Å². The average Bonchev–Trinajstić information content (AvgIpc) is 2.85. The standard InChI is InChI=1S/C13H17NO5/c1-13(12(15)16,14-5-6-17-2)9-3-4-10-11(7-9)19-8-18-10/h3-4,7,14H,5-6,8H2,1-2H3,(H,15,16). The predicted octanol–water partition coefficient (Wildman–Crippen LogP) is 0.951. The van der Waals surface area contributed by atoms with Crippen LogP contribution in [0.15, 0.2) is 18.2 Å². The smallest absolute Gasteiger partial charge is 0.328 e. The third-order valence-electron chi connectivity index (χ3n) is 3.16. The number of nitrogens with one attached hydrogen (secondary N) is 1. The lowest BCUT2D eigenvalue weighted by molar-refractivity contribution is -0.144. The minimum absolute atomic E-state index is 0.166. The molecule has 1 aromatic rings. The molecule has 1 aliphatic heterocycles.